The van der Waals surface area contributed by atoms with Crippen molar-refractivity contribution < 1.29 is 18.7 Å². The molecule has 0 aliphatic rings. The number of hydrogen-bond donors (Lipinski definition) is 0. The lowest BCUT2D eigenvalue weighted by Gasteiger charge is -2.10. The molecule has 0 aliphatic heterocycles. The van der Waals surface area contributed by atoms with Crippen molar-refractivity contribution >= 4 is 21.9 Å². The first-order chi connectivity index (χ1) is 8.12. The Kier molecular flexibility index (Phi) is 5.41. The molecule has 0 aliphatic carbocycles. The van der Waals surface area contributed by atoms with Gasteiger partial charge in [0.25, 0.3) is 0 Å². The molecule has 0 radical (unpaired) electrons. The summed E-state index contributed by atoms with van der Waals surface area (Å²) in [7, 11) is 1.49. The van der Waals surface area contributed by atoms with Crippen LogP contribution in [-0.2, 0) is 21.3 Å². The maximum atomic E-state index is 13.6. The normalized spacial score (nSPS) is 10.1. The number of benzene rings is 1. The lowest BCUT2D eigenvalue weighted by molar-refractivity contribution is -0.142. The molecule has 1 aromatic rings. The van der Waals surface area contributed by atoms with Gasteiger partial charge in [0.1, 0.15) is 11.6 Å². The molecule has 0 aromatic heterocycles. The predicted molar refractivity (Wildman–Crippen MR) is 65.9 cm³/mol. The molecule has 0 unspecified atom stereocenters. The van der Waals surface area contributed by atoms with E-state index in [1.54, 1.807) is 13.0 Å². The van der Waals surface area contributed by atoms with E-state index in [9.17, 15) is 9.18 Å². The minimum absolute atomic E-state index is 0.0104. The van der Waals surface area contributed by atoms with Gasteiger partial charge in [0.2, 0.25) is 0 Å². The smallest absolute Gasteiger partial charge is 0.310 e. The molecule has 0 fully saturated rings. The highest BCUT2D eigenvalue weighted by Gasteiger charge is 2.13. The fraction of sp³-hybridized carbons (Fsp3) is 0.417. The number of rotatable bonds is 5. The van der Waals surface area contributed by atoms with Crippen molar-refractivity contribution in [3.05, 3.63) is 29.1 Å². The maximum Gasteiger partial charge on any atom is 0.310 e. The van der Waals surface area contributed by atoms with Gasteiger partial charge < -0.3 is 9.47 Å². The number of halogens is 2. The summed E-state index contributed by atoms with van der Waals surface area (Å²) in [4.78, 5) is 11.3. The Morgan fingerprint density at radius 3 is 2.65 bits per heavy atom. The van der Waals surface area contributed by atoms with Crippen molar-refractivity contribution in [2.24, 2.45) is 0 Å². The molecule has 1 rings (SSSR count). The first-order valence-electron chi connectivity index (χ1n) is 5.19. The number of alkyl halides is 1. The Morgan fingerprint density at radius 2 is 2.12 bits per heavy atom. The maximum absolute atomic E-state index is 13.6. The molecule has 0 spiro atoms. The summed E-state index contributed by atoms with van der Waals surface area (Å²) in [6.07, 6.45) is 0.0104. The molecular weight excluding hydrogens is 291 g/mol. The van der Waals surface area contributed by atoms with E-state index in [-0.39, 0.29) is 12.2 Å². The van der Waals surface area contributed by atoms with E-state index < -0.39 is 5.97 Å². The molecule has 0 amide bonds. The Hall–Kier alpha value is -1.10. The van der Waals surface area contributed by atoms with E-state index in [4.69, 9.17) is 9.47 Å². The molecule has 3 nitrogen and oxygen atoms in total. The summed E-state index contributed by atoms with van der Waals surface area (Å²) in [6.45, 7) is 2.03. The zero-order valence-electron chi connectivity index (χ0n) is 9.76. The van der Waals surface area contributed by atoms with Crippen LogP contribution in [0.3, 0.4) is 0 Å². The van der Waals surface area contributed by atoms with Gasteiger partial charge in [-0.25, -0.2) is 4.39 Å². The third-order valence-corrected chi connectivity index (χ3v) is 2.84. The molecule has 0 saturated carbocycles. The van der Waals surface area contributed by atoms with Crippen molar-refractivity contribution in [3.63, 3.8) is 0 Å². The summed E-state index contributed by atoms with van der Waals surface area (Å²) in [5, 5.41) is 0.398. The average Bonchev–Trinajstić information content (AvgIpc) is 2.29. The fourth-order valence-electron chi connectivity index (χ4n) is 1.43. The van der Waals surface area contributed by atoms with Gasteiger partial charge in [-0.2, -0.15) is 0 Å². The second kappa shape index (κ2) is 6.59. The molecule has 17 heavy (non-hydrogen) atoms. The molecule has 5 heteroatoms. The zero-order valence-corrected chi connectivity index (χ0v) is 11.3. The first-order valence-corrected chi connectivity index (χ1v) is 6.31. The van der Waals surface area contributed by atoms with E-state index in [1.807, 2.05) is 0 Å². The van der Waals surface area contributed by atoms with Gasteiger partial charge in [0.05, 0.1) is 20.1 Å². The molecule has 0 atom stereocenters. The second-order valence-corrected chi connectivity index (χ2v) is 3.93. The number of carbonyl (C=O) groups is 1. The van der Waals surface area contributed by atoms with Gasteiger partial charge in [-0.05, 0) is 19.1 Å². The highest BCUT2D eigenvalue weighted by atomic mass is 79.9. The topological polar surface area (TPSA) is 35.5 Å². The quantitative estimate of drug-likeness (QED) is 0.620. The van der Waals surface area contributed by atoms with Crippen LogP contribution in [0.5, 0.6) is 5.75 Å². The first kappa shape index (κ1) is 14.0. The Morgan fingerprint density at radius 1 is 1.41 bits per heavy atom. The van der Waals surface area contributed by atoms with Gasteiger partial charge in [0.15, 0.2) is 0 Å². The minimum Gasteiger partial charge on any atom is -0.496 e. The number of hydrogen-bond acceptors (Lipinski definition) is 3. The largest absolute Gasteiger partial charge is 0.496 e. The Bertz CT molecular complexity index is 407. The Labute approximate surface area is 108 Å². The molecule has 0 bridgehead atoms. The van der Waals surface area contributed by atoms with Crippen LogP contribution in [0.25, 0.3) is 0 Å². The number of ether oxygens (including phenoxy) is 2. The van der Waals surface area contributed by atoms with Crippen LogP contribution in [0, 0.1) is 5.82 Å². The van der Waals surface area contributed by atoms with Crippen LogP contribution >= 0.6 is 15.9 Å². The number of esters is 1. The van der Waals surface area contributed by atoms with E-state index in [1.165, 1.54) is 13.2 Å². The van der Waals surface area contributed by atoms with Crippen molar-refractivity contribution in [3.8, 4) is 5.75 Å². The average molecular weight is 305 g/mol. The van der Waals surface area contributed by atoms with Crippen LogP contribution in [0.2, 0.25) is 0 Å². The van der Waals surface area contributed by atoms with Crippen LogP contribution in [0.15, 0.2) is 12.1 Å². The lowest BCUT2D eigenvalue weighted by Crippen LogP contribution is -2.09. The number of carbonyl (C=O) groups excluding carboxylic acids is 1. The number of methoxy groups -OCH3 is 1. The third kappa shape index (κ3) is 3.70. The zero-order chi connectivity index (χ0) is 12.8. The van der Waals surface area contributed by atoms with E-state index in [0.29, 0.717) is 28.8 Å². The minimum atomic E-state index is -0.392. The summed E-state index contributed by atoms with van der Waals surface area (Å²) < 4.78 is 23.5. The van der Waals surface area contributed by atoms with Crippen molar-refractivity contribution in [2.75, 3.05) is 13.7 Å². The van der Waals surface area contributed by atoms with E-state index in [0.717, 1.165) is 0 Å². The summed E-state index contributed by atoms with van der Waals surface area (Å²) in [6, 6.07) is 2.89. The highest BCUT2D eigenvalue weighted by Crippen LogP contribution is 2.25. The van der Waals surface area contributed by atoms with Crippen molar-refractivity contribution in [1.29, 1.82) is 0 Å². The van der Waals surface area contributed by atoms with Gasteiger partial charge in [0, 0.05) is 16.5 Å². The van der Waals surface area contributed by atoms with Crippen molar-refractivity contribution in [1.82, 2.24) is 0 Å². The molecule has 94 valence electrons. The van der Waals surface area contributed by atoms with Crippen LogP contribution < -0.4 is 4.74 Å². The molecule has 0 heterocycles. The van der Waals surface area contributed by atoms with Gasteiger partial charge >= 0.3 is 5.97 Å². The summed E-state index contributed by atoms with van der Waals surface area (Å²) in [5.41, 5.74) is 0.989. The van der Waals surface area contributed by atoms with E-state index >= 15 is 0 Å². The molecule has 1 aromatic carbocycles. The summed E-state index contributed by atoms with van der Waals surface area (Å²) in [5.74, 6) is -0.257. The molecule has 0 saturated heterocycles. The van der Waals surface area contributed by atoms with Crippen LogP contribution in [-0.4, -0.2) is 19.7 Å². The standard InChI is InChI=1S/C12H14BrFO3/c1-3-17-12(15)6-8-4-10(14)9(7-13)5-11(8)16-2/h4-5H,3,6-7H2,1-2H3. The predicted octanol–water partition coefficient (Wildman–Crippen LogP) is 2.83. The van der Waals surface area contributed by atoms with Crippen molar-refractivity contribution in [2.45, 2.75) is 18.7 Å². The third-order valence-electron chi connectivity index (χ3n) is 2.23. The highest BCUT2D eigenvalue weighted by molar-refractivity contribution is 9.08. The fourth-order valence-corrected chi connectivity index (χ4v) is 1.86. The van der Waals surface area contributed by atoms with Gasteiger partial charge in [-0.1, -0.05) is 15.9 Å². The Balaban J connectivity index is 2.98. The SMILES string of the molecule is CCOC(=O)Cc1cc(F)c(CBr)cc1OC. The monoisotopic (exact) mass is 304 g/mol. The second-order valence-electron chi connectivity index (χ2n) is 3.37. The van der Waals surface area contributed by atoms with Gasteiger partial charge in [-0.3, -0.25) is 4.79 Å². The molecule has 0 N–H and O–H groups in total. The summed E-state index contributed by atoms with van der Waals surface area (Å²) >= 11 is 3.18. The van der Waals surface area contributed by atoms with Crippen LogP contribution in [0.4, 0.5) is 4.39 Å². The van der Waals surface area contributed by atoms with E-state index in [2.05, 4.69) is 15.9 Å². The van der Waals surface area contributed by atoms with Gasteiger partial charge in [-0.15, -0.1) is 0 Å². The molecular formula is C12H14BrFO3. The van der Waals surface area contributed by atoms with Crippen LogP contribution in [0.1, 0.15) is 18.1 Å². The lowest BCUT2D eigenvalue weighted by atomic mass is 10.1.